The maximum absolute atomic E-state index is 12.2. The van der Waals surface area contributed by atoms with Gasteiger partial charge in [-0.1, -0.05) is 33.2 Å². The summed E-state index contributed by atoms with van der Waals surface area (Å²) >= 11 is 3.35. The molecule has 14 heteroatoms. The average molecular weight is 617 g/mol. The molecule has 0 saturated carbocycles. The number of carbonyl (C=O) groups is 2. The lowest BCUT2D eigenvalue weighted by Gasteiger charge is -2.16. The van der Waals surface area contributed by atoms with Crippen molar-refractivity contribution in [1.29, 1.82) is 0 Å². The molecule has 0 amide bonds. The Bertz CT molecular complexity index is 1440. The number of ether oxygens (including phenoxy) is 3. The molecule has 13 nitrogen and oxygen atoms in total. The van der Waals surface area contributed by atoms with Crippen LogP contribution in [0.15, 0.2) is 75.2 Å². The predicted octanol–water partition coefficient (Wildman–Crippen LogP) is 1.36. The molecular weight excluding hydrogens is 592 g/mol. The van der Waals surface area contributed by atoms with Crippen molar-refractivity contribution in [2.45, 2.75) is 37.4 Å². The van der Waals surface area contributed by atoms with E-state index in [9.17, 15) is 29.8 Å². The van der Waals surface area contributed by atoms with E-state index in [0.717, 1.165) is 9.04 Å². The molecule has 40 heavy (non-hydrogen) atoms. The molecule has 210 valence electrons. The standard InChI is InChI=1S/C26H25BrN4O9/c27-16-5-1-14(2-6-16)22(30-37)15-3-7-17(8-4-15)39-21(33)10-9-20(32)38-13-18-23(34)24(35)25(40-18)31-12-11-19(28)29-26(31)36/h1-8,11-12,18,23-25,34-35,37H,9-10,13H2,(H2,28,29,36)/b30-22+/t18-,23-,24-,25?/m1/s1. The van der Waals surface area contributed by atoms with E-state index in [1.807, 2.05) is 12.1 Å². The Balaban J connectivity index is 1.24. The molecule has 4 atom stereocenters. The first-order valence-corrected chi connectivity index (χ1v) is 12.8. The van der Waals surface area contributed by atoms with E-state index in [-0.39, 0.29) is 24.4 Å². The van der Waals surface area contributed by atoms with Gasteiger partial charge in [0.25, 0.3) is 0 Å². The minimum atomic E-state index is -1.48. The summed E-state index contributed by atoms with van der Waals surface area (Å²) in [6.45, 7) is -0.422. The number of halogens is 1. The number of aliphatic hydroxyl groups excluding tert-OH is 2. The molecule has 0 spiro atoms. The monoisotopic (exact) mass is 616 g/mol. The van der Waals surface area contributed by atoms with Gasteiger partial charge in [0, 0.05) is 21.8 Å². The molecule has 1 aromatic heterocycles. The minimum absolute atomic E-state index is 0.0164. The topological polar surface area (TPSA) is 196 Å². The summed E-state index contributed by atoms with van der Waals surface area (Å²) in [5, 5.41) is 33.3. The Morgan fingerprint density at radius 3 is 2.25 bits per heavy atom. The van der Waals surface area contributed by atoms with E-state index in [0.29, 0.717) is 16.8 Å². The number of hydrogen-bond acceptors (Lipinski definition) is 12. The van der Waals surface area contributed by atoms with Gasteiger partial charge in [-0.05, 0) is 42.5 Å². The number of nitrogens with two attached hydrogens (primary N) is 1. The highest BCUT2D eigenvalue weighted by molar-refractivity contribution is 9.10. The Labute approximate surface area is 235 Å². The number of benzene rings is 2. The first-order valence-electron chi connectivity index (χ1n) is 12.0. The van der Waals surface area contributed by atoms with E-state index in [1.54, 1.807) is 24.3 Å². The van der Waals surface area contributed by atoms with Crippen molar-refractivity contribution in [2.24, 2.45) is 5.16 Å². The molecule has 4 rings (SSSR count). The van der Waals surface area contributed by atoms with Gasteiger partial charge in [-0.2, -0.15) is 4.98 Å². The molecule has 1 aliphatic heterocycles. The number of anilines is 1. The van der Waals surface area contributed by atoms with Gasteiger partial charge in [-0.3, -0.25) is 14.2 Å². The predicted molar refractivity (Wildman–Crippen MR) is 143 cm³/mol. The van der Waals surface area contributed by atoms with Crippen LogP contribution in [0.2, 0.25) is 0 Å². The van der Waals surface area contributed by atoms with E-state index < -0.39 is 48.8 Å². The fraction of sp³-hybridized carbons (Fsp3) is 0.269. The van der Waals surface area contributed by atoms with Crippen LogP contribution in [0.4, 0.5) is 5.82 Å². The van der Waals surface area contributed by atoms with E-state index in [2.05, 4.69) is 26.1 Å². The fourth-order valence-corrected chi connectivity index (χ4v) is 4.19. The average Bonchev–Trinajstić information content (AvgIpc) is 3.21. The molecule has 2 heterocycles. The molecular formula is C26H25BrN4O9. The van der Waals surface area contributed by atoms with Crippen LogP contribution < -0.4 is 16.2 Å². The molecule has 1 fully saturated rings. The van der Waals surface area contributed by atoms with Gasteiger partial charge in [0.2, 0.25) is 0 Å². The van der Waals surface area contributed by atoms with Gasteiger partial charge < -0.3 is 35.4 Å². The first-order chi connectivity index (χ1) is 19.2. The zero-order valence-electron chi connectivity index (χ0n) is 20.8. The number of oxime groups is 1. The molecule has 0 radical (unpaired) electrons. The molecule has 0 aliphatic carbocycles. The highest BCUT2D eigenvalue weighted by Gasteiger charge is 2.44. The van der Waals surface area contributed by atoms with Crippen molar-refractivity contribution in [2.75, 3.05) is 12.3 Å². The van der Waals surface area contributed by atoms with Crippen molar-refractivity contribution >= 4 is 39.4 Å². The zero-order chi connectivity index (χ0) is 28.8. The zero-order valence-corrected chi connectivity index (χ0v) is 22.4. The number of nitrogen functional groups attached to an aromatic ring is 1. The Morgan fingerprint density at radius 1 is 1.00 bits per heavy atom. The lowest BCUT2D eigenvalue weighted by molar-refractivity contribution is -0.152. The van der Waals surface area contributed by atoms with Crippen LogP contribution in [0.1, 0.15) is 30.2 Å². The van der Waals surface area contributed by atoms with Crippen LogP contribution in [0.25, 0.3) is 0 Å². The Hall–Kier alpha value is -4.11. The fourth-order valence-electron chi connectivity index (χ4n) is 3.92. The number of carbonyl (C=O) groups excluding carboxylic acids is 2. The summed E-state index contributed by atoms with van der Waals surface area (Å²) in [5.74, 6) is -1.23. The molecule has 1 aliphatic rings. The molecule has 1 unspecified atom stereocenters. The minimum Gasteiger partial charge on any atom is -0.463 e. The summed E-state index contributed by atoms with van der Waals surface area (Å²) in [7, 11) is 0. The van der Waals surface area contributed by atoms with E-state index in [4.69, 9.17) is 19.9 Å². The highest BCUT2D eigenvalue weighted by atomic mass is 79.9. The van der Waals surface area contributed by atoms with Crippen molar-refractivity contribution < 1.29 is 39.2 Å². The van der Waals surface area contributed by atoms with Crippen molar-refractivity contribution in [1.82, 2.24) is 9.55 Å². The number of rotatable bonds is 9. The number of aliphatic hydroxyl groups is 2. The van der Waals surface area contributed by atoms with Crippen LogP contribution in [-0.2, 0) is 19.1 Å². The summed E-state index contributed by atoms with van der Waals surface area (Å²) in [5.41, 5.74) is 6.28. The van der Waals surface area contributed by atoms with Gasteiger partial charge in [-0.15, -0.1) is 0 Å². The molecule has 3 aromatic rings. The third-order valence-corrected chi connectivity index (χ3v) is 6.51. The van der Waals surface area contributed by atoms with Crippen LogP contribution in [-0.4, -0.2) is 67.5 Å². The lowest BCUT2D eigenvalue weighted by atomic mass is 10.0. The second-order valence-corrected chi connectivity index (χ2v) is 9.64. The highest BCUT2D eigenvalue weighted by Crippen LogP contribution is 2.28. The number of esters is 2. The largest absolute Gasteiger partial charge is 0.463 e. The first kappa shape index (κ1) is 28.9. The van der Waals surface area contributed by atoms with E-state index in [1.165, 1.54) is 24.4 Å². The van der Waals surface area contributed by atoms with Crippen LogP contribution in [0.3, 0.4) is 0 Å². The second kappa shape index (κ2) is 12.8. The van der Waals surface area contributed by atoms with Gasteiger partial charge in [0.05, 0.1) is 12.8 Å². The van der Waals surface area contributed by atoms with Crippen LogP contribution >= 0.6 is 15.9 Å². The molecule has 1 saturated heterocycles. The van der Waals surface area contributed by atoms with Crippen molar-refractivity contribution in [3.05, 3.63) is 86.9 Å². The quantitative estimate of drug-likeness (QED) is 0.0890. The van der Waals surface area contributed by atoms with Crippen molar-refractivity contribution in [3.63, 3.8) is 0 Å². The van der Waals surface area contributed by atoms with Crippen molar-refractivity contribution in [3.8, 4) is 5.75 Å². The summed E-state index contributed by atoms with van der Waals surface area (Å²) in [4.78, 5) is 39.9. The normalized spacial score (nSPS) is 20.7. The van der Waals surface area contributed by atoms with E-state index >= 15 is 0 Å². The second-order valence-electron chi connectivity index (χ2n) is 8.73. The third kappa shape index (κ3) is 6.90. The van der Waals surface area contributed by atoms with Gasteiger partial charge in [-0.25, -0.2) is 4.79 Å². The Morgan fingerprint density at radius 2 is 1.62 bits per heavy atom. The Kier molecular flexibility index (Phi) is 9.26. The molecule has 2 aromatic carbocycles. The number of hydrogen-bond donors (Lipinski definition) is 4. The third-order valence-electron chi connectivity index (χ3n) is 5.98. The summed E-state index contributed by atoms with van der Waals surface area (Å²) in [6.07, 6.45) is -4.63. The van der Waals surface area contributed by atoms with Gasteiger partial charge in [0.1, 0.15) is 42.2 Å². The molecule has 0 bridgehead atoms. The number of nitrogens with zero attached hydrogens (tertiary/aromatic N) is 3. The van der Waals surface area contributed by atoms with Gasteiger partial charge in [0.15, 0.2) is 6.23 Å². The maximum Gasteiger partial charge on any atom is 0.351 e. The summed E-state index contributed by atoms with van der Waals surface area (Å²) < 4.78 is 17.7. The SMILES string of the molecule is Nc1ccn(C2O[C@H](COC(=O)CCC(=O)Oc3ccc(/C(=N/O)c4ccc(Br)cc4)cc3)[C@@H](O)[C@H]2O)c(=O)n1. The number of aromatic nitrogens is 2. The lowest BCUT2D eigenvalue weighted by Crippen LogP contribution is -2.36. The summed E-state index contributed by atoms with van der Waals surface area (Å²) in [6, 6.07) is 14.8. The maximum atomic E-state index is 12.2. The molecule has 5 N–H and O–H groups in total. The van der Waals surface area contributed by atoms with Gasteiger partial charge >= 0.3 is 17.6 Å². The van der Waals surface area contributed by atoms with Crippen LogP contribution in [0.5, 0.6) is 5.75 Å². The van der Waals surface area contributed by atoms with Crippen LogP contribution in [0, 0.1) is 0 Å². The smallest absolute Gasteiger partial charge is 0.351 e.